The van der Waals surface area contributed by atoms with Gasteiger partial charge in [-0.25, -0.2) is 22.2 Å². The molecule has 0 fully saturated rings. The maximum absolute atomic E-state index is 13.1. The number of nitro groups is 1. The number of benzene rings is 2. The summed E-state index contributed by atoms with van der Waals surface area (Å²) in [7, 11) is -4.27. The maximum atomic E-state index is 13.1. The summed E-state index contributed by atoms with van der Waals surface area (Å²) in [6, 6.07) is 8.76. The number of para-hydroxylation sites is 1. The van der Waals surface area contributed by atoms with Crippen molar-refractivity contribution in [2.45, 2.75) is 11.4 Å². The molecule has 1 heterocycles. The first-order valence-corrected chi connectivity index (χ1v) is 9.22. The topological polar surface area (TPSA) is 120 Å². The average Bonchev–Trinajstić information content (AvgIpc) is 3.03. The standard InChI is InChI=1S/C15H11ClFN5O4S/c16-12-7-11(17)6-5-10(12)8-21-9-18-15(19-21)20-27(25,26)14-4-2-1-3-13(14)22(23)24/h1-7,9H,8H2,(H,19,20). The van der Waals surface area contributed by atoms with Gasteiger partial charge in [-0.3, -0.25) is 10.1 Å². The van der Waals surface area contributed by atoms with Crippen LogP contribution < -0.4 is 4.72 Å². The molecule has 140 valence electrons. The van der Waals surface area contributed by atoms with Gasteiger partial charge >= 0.3 is 0 Å². The monoisotopic (exact) mass is 411 g/mol. The molecule has 2 aromatic carbocycles. The summed E-state index contributed by atoms with van der Waals surface area (Å²) in [5.74, 6) is -0.758. The Kier molecular flexibility index (Phi) is 5.06. The molecule has 0 saturated carbocycles. The third-order valence-corrected chi connectivity index (χ3v) is 5.19. The lowest BCUT2D eigenvalue weighted by molar-refractivity contribution is -0.387. The van der Waals surface area contributed by atoms with Gasteiger partial charge in [0.25, 0.3) is 21.7 Å². The molecule has 12 heteroatoms. The number of nitro benzene ring substituents is 1. The lowest BCUT2D eigenvalue weighted by Crippen LogP contribution is -2.16. The van der Waals surface area contributed by atoms with E-state index < -0.39 is 31.3 Å². The number of hydrogen-bond acceptors (Lipinski definition) is 6. The molecule has 0 spiro atoms. The number of sulfonamides is 1. The smallest absolute Gasteiger partial charge is 0.258 e. The van der Waals surface area contributed by atoms with Crippen LogP contribution in [0.15, 0.2) is 53.7 Å². The minimum Gasteiger partial charge on any atom is -0.258 e. The molecule has 0 bridgehead atoms. The lowest BCUT2D eigenvalue weighted by Gasteiger charge is -2.06. The van der Waals surface area contributed by atoms with E-state index in [2.05, 4.69) is 14.8 Å². The molecule has 0 aliphatic rings. The third-order valence-electron chi connectivity index (χ3n) is 3.46. The van der Waals surface area contributed by atoms with Crippen LogP contribution in [0, 0.1) is 15.9 Å². The van der Waals surface area contributed by atoms with Gasteiger partial charge in [0.2, 0.25) is 0 Å². The van der Waals surface area contributed by atoms with Crippen molar-refractivity contribution >= 4 is 33.3 Å². The molecule has 0 aliphatic carbocycles. The number of nitrogens with zero attached hydrogens (tertiary/aromatic N) is 4. The fraction of sp³-hybridized carbons (Fsp3) is 0.0667. The van der Waals surface area contributed by atoms with Crippen molar-refractivity contribution in [3.05, 3.63) is 75.3 Å². The van der Waals surface area contributed by atoms with Gasteiger partial charge in [-0.15, -0.1) is 5.10 Å². The van der Waals surface area contributed by atoms with Crippen LogP contribution in [0.25, 0.3) is 0 Å². The van der Waals surface area contributed by atoms with E-state index in [-0.39, 0.29) is 17.5 Å². The zero-order valence-corrected chi connectivity index (χ0v) is 15.0. The molecule has 1 N–H and O–H groups in total. The van der Waals surface area contributed by atoms with E-state index in [4.69, 9.17) is 11.6 Å². The molecule has 27 heavy (non-hydrogen) atoms. The predicted octanol–water partition coefficient (Wildman–Crippen LogP) is 2.83. The van der Waals surface area contributed by atoms with Crippen molar-refractivity contribution in [1.29, 1.82) is 0 Å². The Balaban J connectivity index is 1.82. The average molecular weight is 412 g/mol. The highest BCUT2D eigenvalue weighted by atomic mass is 35.5. The van der Waals surface area contributed by atoms with Gasteiger partial charge < -0.3 is 0 Å². The zero-order chi connectivity index (χ0) is 19.6. The summed E-state index contributed by atoms with van der Waals surface area (Å²) in [5.41, 5.74) is -0.0152. The molecule has 0 radical (unpaired) electrons. The molecule has 3 rings (SSSR count). The summed E-state index contributed by atoms with van der Waals surface area (Å²) in [5, 5.41) is 15.2. The lowest BCUT2D eigenvalue weighted by atomic mass is 10.2. The SMILES string of the molecule is O=[N+]([O-])c1ccccc1S(=O)(=O)Nc1ncn(Cc2ccc(F)cc2Cl)n1. The largest absolute Gasteiger partial charge is 0.289 e. The Labute approximate surface area is 157 Å². The number of halogens is 2. The van der Waals surface area contributed by atoms with Gasteiger partial charge in [-0.2, -0.15) is 4.98 Å². The van der Waals surface area contributed by atoms with Crippen LogP contribution in [0.5, 0.6) is 0 Å². The van der Waals surface area contributed by atoms with Crippen LogP contribution in [0.3, 0.4) is 0 Å². The first-order valence-electron chi connectivity index (χ1n) is 7.36. The van der Waals surface area contributed by atoms with Crippen molar-refractivity contribution in [3.8, 4) is 0 Å². The molecule has 0 unspecified atom stereocenters. The Morgan fingerprint density at radius 3 is 2.70 bits per heavy atom. The van der Waals surface area contributed by atoms with Gasteiger partial charge in [-0.05, 0) is 23.8 Å². The summed E-state index contributed by atoms with van der Waals surface area (Å²) >= 11 is 5.94. The quantitative estimate of drug-likeness (QED) is 0.492. The Hall–Kier alpha value is -3.05. The summed E-state index contributed by atoms with van der Waals surface area (Å²) < 4.78 is 41.3. The van der Waals surface area contributed by atoms with Crippen LogP contribution >= 0.6 is 11.6 Å². The first-order chi connectivity index (χ1) is 12.8. The summed E-state index contributed by atoms with van der Waals surface area (Å²) in [4.78, 5) is 13.5. The maximum Gasteiger partial charge on any atom is 0.289 e. The Bertz CT molecular complexity index is 1120. The van der Waals surface area contributed by atoms with Crippen molar-refractivity contribution in [2.75, 3.05) is 4.72 Å². The van der Waals surface area contributed by atoms with Crippen LogP contribution in [0.2, 0.25) is 5.02 Å². The van der Waals surface area contributed by atoms with Crippen LogP contribution in [-0.2, 0) is 16.6 Å². The normalized spacial score (nSPS) is 11.3. The van der Waals surface area contributed by atoms with Crippen molar-refractivity contribution < 1.29 is 17.7 Å². The first kappa shape index (κ1) is 18.7. The van der Waals surface area contributed by atoms with Crippen molar-refractivity contribution in [2.24, 2.45) is 0 Å². The molecule has 0 atom stereocenters. The van der Waals surface area contributed by atoms with E-state index in [1.807, 2.05) is 0 Å². The van der Waals surface area contributed by atoms with Gasteiger partial charge in [0, 0.05) is 11.1 Å². The number of rotatable bonds is 6. The highest BCUT2D eigenvalue weighted by Gasteiger charge is 2.26. The van der Waals surface area contributed by atoms with Crippen LogP contribution in [0.1, 0.15) is 5.56 Å². The van der Waals surface area contributed by atoms with E-state index in [0.29, 0.717) is 5.56 Å². The Morgan fingerprint density at radius 1 is 1.26 bits per heavy atom. The number of hydrogen-bond donors (Lipinski definition) is 1. The highest BCUT2D eigenvalue weighted by molar-refractivity contribution is 7.92. The number of aromatic nitrogens is 3. The van der Waals surface area contributed by atoms with Gasteiger partial charge in [-0.1, -0.05) is 29.8 Å². The molecule has 0 aliphatic heterocycles. The van der Waals surface area contributed by atoms with Gasteiger partial charge in [0.05, 0.1) is 11.5 Å². The van der Waals surface area contributed by atoms with E-state index in [1.54, 1.807) is 0 Å². The number of anilines is 1. The fourth-order valence-corrected chi connectivity index (χ4v) is 3.60. The molecular weight excluding hydrogens is 401 g/mol. The van der Waals surface area contributed by atoms with E-state index in [9.17, 15) is 22.9 Å². The Morgan fingerprint density at radius 2 is 2.00 bits per heavy atom. The molecular formula is C15H11ClFN5O4S. The van der Waals surface area contributed by atoms with Crippen molar-refractivity contribution in [3.63, 3.8) is 0 Å². The predicted molar refractivity (Wildman–Crippen MR) is 94.4 cm³/mol. The van der Waals surface area contributed by atoms with E-state index >= 15 is 0 Å². The van der Waals surface area contributed by atoms with Crippen LogP contribution in [0.4, 0.5) is 16.0 Å². The summed E-state index contributed by atoms with van der Waals surface area (Å²) in [6.45, 7) is 0.124. The second kappa shape index (κ2) is 7.29. The van der Waals surface area contributed by atoms with Crippen molar-refractivity contribution in [1.82, 2.24) is 14.8 Å². The highest BCUT2D eigenvalue weighted by Crippen LogP contribution is 2.24. The minimum atomic E-state index is -4.27. The fourth-order valence-electron chi connectivity index (χ4n) is 2.25. The molecule has 1 aromatic heterocycles. The van der Waals surface area contributed by atoms with Crippen LogP contribution in [-0.4, -0.2) is 28.1 Å². The van der Waals surface area contributed by atoms with E-state index in [0.717, 1.165) is 18.2 Å². The molecule has 0 amide bonds. The molecule has 9 nitrogen and oxygen atoms in total. The molecule has 3 aromatic rings. The zero-order valence-electron chi connectivity index (χ0n) is 13.4. The van der Waals surface area contributed by atoms with E-state index in [1.165, 1.54) is 35.3 Å². The molecule has 0 saturated heterocycles. The second-order valence-corrected chi connectivity index (χ2v) is 7.39. The van der Waals surface area contributed by atoms with Gasteiger partial charge in [0.15, 0.2) is 4.90 Å². The second-order valence-electron chi connectivity index (χ2n) is 5.33. The minimum absolute atomic E-state index is 0.124. The van der Waals surface area contributed by atoms with Gasteiger partial charge in [0.1, 0.15) is 12.1 Å². The third kappa shape index (κ3) is 4.20. The number of nitrogens with one attached hydrogen (secondary N) is 1. The summed E-state index contributed by atoms with van der Waals surface area (Å²) in [6.07, 6.45) is 1.25.